The maximum absolute atomic E-state index is 2.32. The molecule has 96 valence electrons. The van der Waals surface area contributed by atoms with Crippen molar-refractivity contribution in [2.75, 3.05) is 0 Å². The van der Waals surface area contributed by atoms with Gasteiger partial charge >= 0.3 is 0 Å². The quantitative estimate of drug-likeness (QED) is 0.287. The summed E-state index contributed by atoms with van der Waals surface area (Å²) in [5.74, 6) is 0. The summed E-state index contributed by atoms with van der Waals surface area (Å²) in [4.78, 5) is 0. The van der Waals surface area contributed by atoms with E-state index in [2.05, 4.69) is 20.8 Å². The Labute approximate surface area is 109 Å². The summed E-state index contributed by atoms with van der Waals surface area (Å²) in [6, 6.07) is 0. The third-order valence-electron chi connectivity index (χ3n) is 3.65. The Kier molecular flexibility index (Phi) is 14.0. The summed E-state index contributed by atoms with van der Waals surface area (Å²) >= 11 is -0.329. The molecule has 0 fully saturated rings. The lowest BCUT2D eigenvalue weighted by molar-refractivity contribution is 0.726. The molecule has 0 bridgehead atoms. The molecule has 0 saturated heterocycles. The minimum absolute atomic E-state index is 0.329. The fraction of sp³-hybridized carbons (Fsp3) is 1.00. The Bertz CT molecular complexity index is 98.8. The molecule has 0 amide bonds. The van der Waals surface area contributed by atoms with Gasteiger partial charge in [0.25, 0.3) is 14.1 Å². The van der Waals surface area contributed by atoms with Crippen molar-refractivity contribution in [3.8, 4) is 0 Å². The van der Waals surface area contributed by atoms with Crippen LogP contribution in [0.25, 0.3) is 0 Å². The number of unbranched alkanes of at least 4 members (excludes halogenated alkanes) is 6. The second kappa shape index (κ2) is 13.6. The summed E-state index contributed by atoms with van der Waals surface area (Å²) in [7, 11) is 0. The molecule has 0 atom stereocenters. The first-order valence-electron chi connectivity index (χ1n) is 7.85. The van der Waals surface area contributed by atoms with Crippen molar-refractivity contribution in [2.45, 2.75) is 94.4 Å². The van der Waals surface area contributed by atoms with Gasteiger partial charge in [-0.2, -0.15) is 0 Å². The van der Waals surface area contributed by atoms with Crippen LogP contribution in [-0.2, 0) is 0 Å². The topological polar surface area (TPSA) is 0 Å². The van der Waals surface area contributed by atoms with Gasteiger partial charge < -0.3 is 0 Å². The molecule has 0 unspecified atom stereocenters. The van der Waals surface area contributed by atoms with Crippen molar-refractivity contribution >= 4 is 14.1 Å². The predicted molar refractivity (Wildman–Crippen MR) is 78.8 cm³/mol. The summed E-state index contributed by atoms with van der Waals surface area (Å²) in [5.41, 5.74) is 0. The maximum Gasteiger partial charge on any atom is 0.261 e. The Balaban J connectivity index is 3.58. The van der Waals surface area contributed by atoms with E-state index in [1.165, 1.54) is 57.8 Å². The van der Waals surface area contributed by atoms with Crippen molar-refractivity contribution < 1.29 is 0 Å². The summed E-state index contributed by atoms with van der Waals surface area (Å²) in [6.45, 7) is 6.97. The van der Waals surface area contributed by atoms with Crippen LogP contribution in [0.2, 0.25) is 15.8 Å². The van der Waals surface area contributed by atoms with Gasteiger partial charge in [-0.15, -0.1) is 0 Å². The van der Waals surface area contributed by atoms with Crippen molar-refractivity contribution in [1.29, 1.82) is 0 Å². The van der Waals surface area contributed by atoms with Gasteiger partial charge in [0.1, 0.15) is 0 Å². The third kappa shape index (κ3) is 11.0. The first-order valence-corrected chi connectivity index (χ1v) is 10.3. The summed E-state index contributed by atoms with van der Waals surface area (Å²) in [6.07, 6.45) is 13.2. The normalized spacial score (nSPS) is 10.7. The van der Waals surface area contributed by atoms with Gasteiger partial charge in [-0.1, -0.05) is 94.4 Å². The van der Waals surface area contributed by atoms with Crippen LogP contribution in [0.1, 0.15) is 78.6 Å². The van der Waals surface area contributed by atoms with E-state index in [1.54, 1.807) is 15.8 Å². The standard InChI is InChI=1S/3C5H11.Al/c3*1-3-5-4-2;/h3*1,3-5H2,2H3;. The highest BCUT2D eigenvalue weighted by Crippen LogP contribution is 2.18. The van der Waals surface area contributed by atoms with Gasteiger partial charge in [0.05, 0.1) is 0 Å². The molecule has 0 heterocycles. The van der Waals surface area contributed by atoms with Gasteiger partial charge in [-0.25, -0.2) is 0 Å². The lowest BCUT2D eigenvalue weighted by atomic mass is 10.3. The van der Waals surface area contributed by atoms with E-state index in [0.717, 1.165) is 0 Å². The van der Waals surface area contributed by atoms with E-state index in [4.69, 9.17) is 0 Å². The third-order valence-corrected chi connectivity index (χ3v) is 7.32. The second-order valence-electron chi connectivity index (χ2n) is 5.35. The molecule has 0 radical (unpaired) electrons. The molecule has 0 aliphatic carbocycles. The SMILES string of the molecule is CCCC[CH2][Al]([CH2]CCCC)[CH2]CCCC. The zero-order valence-electron chi connectivity index (χ0n) is 12.1. The Morgan fingerprint density at radius 2 is 0.812 bits per heavy atom. The molecule has 0 nitrogen and oxygen atoms in total. The number of hydrogen-bond acceptors (Lipinski definition) is 0. The van der Waals surface area contributed by atoms with Crippen LogP contribution in [0.4, 0.5) is 0 Å². The van der Waals surface area contributed by atoms with Crippen LogP contribution < -0.4 is 0 Å². The van der Waals surface area contributed by atoms with E-state index in [-0.39, 0.29) is 14.1 Å². The van der Waals surface area contributed by atoms with Crippen molar-refractivity contribution in [1.82, 2.24) is 0 Å². The Hall–Kier alpha value is 0.532. The molecule has 0 aromatic heterocycles. The molecular formula is C15H33Al. The molecule has 0 aliphatic heterocycles. The van der Waals surface area contributed by atoms with E-state index in [1.807, 2.05) is 0 Å². The van der Waals surface area contributed by atoms with Gasteiger partial charge in [0.2, 0.25) is 0 Å². The average Bonchev–Trinajstić information content (AvgIpc) is 2.29. The molecule has 0 saturated carbocycles. The van der Waals surface area contributed by atoms with Crippen LogP contribution in [-0.4, -0.2) is 14.1 Å². The molecule has 0 spiro atoms. The average molecular weight is 240 g/mol. The zero-order chi connectivity index (χ0) is 12.1. The predicted octanol–water partition coefficient (Wildman–Crippen LogP) is 6.05. The van der Waals surface area contributed by atoms with E-state index in [9.17, 15) is 0 Å². The van der Waals surface area contributed by atoms with Gasteiger partial charge in [0.15, 0.2) is 0 Å². The van der Waals surface area contributed by atoms with Gasteiger partial charge in [-0.05, 0) is 0 Å². The largest absolute Gasteiger partial charge is 0.261 e. The van der Waals surface area contributed by atoms with Crippen LogP contribution in [0.15, 0.2) is 0 Å². The van der Waals surface area contributed by atoms with Crippen molar-refractivity contribution in [3.63, 3.8) is 0 Å². The molecular weight excluding hydrogens is 207 g/mol. The zero-order valence-corrected chi connectivity index (χ0v) is 13.2. The Morgan fingerprint density at radius 3 is 1.06 bits per heavy atom. The molecule has 0 N–H and O–H groups in total. The van der Waals surface area contributed by atoms with E-state index >= 15 is 0 Å². The molecule has 1 heteroatoms. The maximum atomic E-state index is 2.32. The van der Waals surface area contributed by atoms with Crippen molar-refractivity contribution in [2.24, 2.45) is 0 Å². The smallest absolute Gasteiger partial charge is 0.0939 e. The van der Waals surface area contributed by atoms with E-state index in [0.29, 0.717) is 0 Å². The van der Waals surface area contributed by atoms with E-state index < -0.39 is 0 Å². The van der Waals surface area contributed by atoms with Crippen molar-refractivity contribution in [3.05, 3.63) is 0 Å². The molecule has 0 aliphatic rings. The van der Waals surface area contributed by atoms with Crippen LogP contribution in [0, 0.1) is 0 Å². The van der Waals surface area contributed by atoms with Crippen LogP contribution in [0.5, 0.6) is 0 Å². The molecule has 0 aromatic rings. The molecule has 0 rings (SSSR count). The minimum Gasteiger partial charge on any atom is -0.0939 e. The Morgan fingerprint density at radius 1 is 0.500 bits per heavy atom. The van der Waals surface area contributed by atoms with Crippen LogP contribution >= 0.6 is 0 Å². The number of rotatable bonds is 12. The molecule has 16 heavy (non-hydrogen) atoms. The summed E-state index contributed by atoms with van der Waals surface area (Å²) in [5, 5.41) is 4.92. The monoisotopic (exact) mass is 240 g/mol. The molecule has 0 aromatic carbocycles. The second-order valence-corrected chi connectivity index (χ2v) is 8.82. The lowest BCUT2D eigenvalue weighted by Gasteiger charge is -2.11. The lowest BCUT2D eigenvalue weighted by Crippen LogP contribution is -2.11. The van der Waals surface area contributed by atoms with Crippen LogP contribution in [0.3, 0.4) is 0 Å². The fourth-order valence-corrected chi connectivity index (χ4v) is 5.95. The fourth-order valence-electron chi connectivity index (χ4n) is 2.48. The highest BCUT2D eigenvalue weighted by atomic mass is 27.2. The minimum atomic E-state index is -0.329. The summed E-state index contributed by atoms with van der Waals surface area (Å²) < 4.78 is 0. The first-order chi connectivity index (χ1) is 7.85. The highest BCUT2D eigenvalue weighted by molar-refractivity contribution is 6.58. The van der Waals surface area contributed by atoms with Gasteiger partial charge in [-0.3, -0.25) is 0 Å². The van der Waals surface area contributed by atoms with Gasteiger partial charge in [0, 0.05) is 0 Å². The highest BCUT2D eigenvalue weighted by Gasteiger charge is 2.14. The number of hydrogen-bond donors (Lipinski definition) is 0. The first kappa shape index (κ1) is 16.5.